The summed E-state index contributed by atoms with van der Waals surface area (Å²) in [6.45, 7) is 2.48. The lowest BCUT2D eigenvalue weighted by Gasteiger charge is -2.35. The van der Waals surface area contributed by atoms with Crippen LogP contribution in [0.3, 0.4) is 0 Å². The van der Waals surface area contributed by atoms with E-state index in [0.717, 1.165) is 4.57 Å². The van der Waals surface area contributed by atoms with Crippen molar-refractivity contribution in [3.05, 3.63) is 41.8 Å². The monoisotopic (exact) mass is 363 g/mol. The van der Waals surface area contributed by atoms with Crippen LogP contribution in [0.4, 0.5) is 8.78 Å². The van der Waals surface area contributed by atoms with Gasteiger partial charge in [-0.05, 0) is 19.1 Å². The van der Waals surface area contributed by atoms with Crippen molar-refractivity contribution >= 4 is 11.0 Å². The van der Waals surface area contributed by atoms with Gasteiger partial charge in [-0.3, -0.25) is 9.47 Å². The molecule has 138 valence electrons. The standard InChI is InChI=1S/C17H19F2N5O2/c1-10(16-21-12-5-3-4-6-13(12)24(16)17(18)19)23-7-8-25-14(9-23)15-20-11(2)26-22-15/h3-6,10,14,17H,7-9H2,1-2H3/t10-,14-/m1/s1. The highest BCUT2D eigenvalue weighted by molar-refractivity contribution is 5.76. The summed E-state index contributed by atoms with van der Waals surface area (Å²) in [5.74, 6) is 1.28. The molecule has 3 heterocycles. The zero-order chi connectivity index (χ0) is 18.3. The van der Waals surface area contributed by atoms with Gasteiger partial charge in [0, 0.05) is 20.0 Å². The lowest BCUT2D eigenvalue weighted by molar-refractivity contribution is -0.0507. The van der Waals surface area contributed by atoms with Gasteiger partial charge in [0.05, 0.1) is 23.7 Å². The number of aryl methyl sites for hydroxylation is 1. The third-order valence-corrected chi connectivity index (χ3v) is 4.67. The molecule has 0 N–H and O–H groups in total. The van der Waals surface area contributed by atoms with Crippen molar-refractivity contribution in [2.45, 2.75) is 32.5 Å². The molecule has 26 heavy (non-hydrogen) atoms. The molecule has 0 radical (unpaired) electrons. The first kappa shape index (κ1) is 17.0. The van der Waals surface area contributed by atoms with Gasteiger partial charge in [0.1, 0.15) is 11.9 Å². The van der Waals surface area contributed by atoms with E-state index >= 15 is 0 Å². The lowest BCUT2D eigenvalue weighted by Crippen LogP contribution is -2.41. The highest BCUT2D eigenvalue weighted by Gasteiger charge is 2.32. The number of benzene rings is 1. The molecule has 2 atom stereocenters. The predicted molar refractivity (Wildman–Crippen MR) is 88.7 cm³/mol. The minimum Gasteiger partial charge on any atom is -0.367 e. The molecule has 9 heteroatoms. The second kappa shape index (κ2) is 6.73. The third kappa shape index (κ3) is 2.97. The highest BCUT2D eigenvalue weighted by atomic mass is 19.3. The van der Waals surface area contributed by atoms with E-state index in [4.69, 9.17) is 9.26 Å². The Labute approximate surface area is 148 Å². The predicted octanol–water partition coefficient (Wildman–Crippen LogP) is 3.26. The van der Waals surface area contributed by atoms with Crippen molar-refractivity contribution in [3.63, 3.8) is 0 Å². The molecule has 0 spiro atoms. The second-order valence-electron chi connectivity index (χ2n) is 6.31. The zero-order valence-corrected chi connectivity index (χ0v) is 14.5. The zero-order valence-electron chi connectivity index (χ0n) is 14.5. The summed E-state index contributed by atoms with van der Waals surface area (Å²) in [7, 11) is 0. The normalized spacial score (nSPS) is 20.1. The van der Waals surface area contributed by atoms with E-state index in [-0.39, 0.29) is 12.1 Å². The van der Waals surface area contributed by atoms with Gasteiger partial charge in [-0.15, -0.1) is 0 Å². The second-order valence-corrected chi connectivity index (χ2v) is 6.31. The van der Waals surface area contributed by atoms with Crippen LogP contribution in [0.2, 0.25) is 0 Å². The number of morpholine rings is 1. The van der Waals surface area contributed by atoms with Crippen LogP contribution in [-0.2, 0) is 4.74 Å². The van der Waals surface area contributed by atoms with Gasteiger partial charge in [0.25, 0.3) is 0 Å². The van der Waals surface area contributed by atoms with Gasteiger partial charge in [-0.25, -0.2) is 4.98 Å². The molecule has 1 fully saturated rings. The van der Waals surface area contributed by atoms with Crippen LogP contribution < -0.4 is 0 Å². The largest absolute Gasteiger partial charge is 0.367 e. The van der Waals surface area contributed by atoms with E-state index in [2.05, 4.69) is 20.0 Å². The van der Waals surface area contributed by atoms with Crippen LogP contribution in [0.5, 0.6) is 0 Å². The Balaban J connectivity index is 1.64. The lowest BCUT2D eigenvalue weighted by atomic mass is 10.2. The molecular formula is C17H19F2N5O2. The number of nitrogens with zero attached hydrogens (tertiary/aromatic N) is 5. The molecule has 0 aliphatic carbocycles. The molecular weight excluding hydrogens is 344 g/mol. The van der Waals surface area contributed by atoms with Crippen molar-refractivity contribution in [3.8, 4) is 0 Å². The first-order valence-corrected chi connectivity index (χ1v) is 8.45. The minimum absolute atomic E-state index is 0.309. The Bertz CT molecular complexity index is 910. The van der Waals surface area contributed by atoms with Crippen molar-refractivity contribution in [2.75, 3.05) is 19.7 Å². The van der Waals surface area contributed by atoms with Crippen LogP contribution in [0, 0.1) is 6.92 Å². The number of ether oxygens (including phenoxy) is 1. The summed E-state index contributed by atoms with van der Waals surface area (Å²) in [6, 6.07) is 6.63. The molecule has 0 saturated carbocycles. The molecule has 4 rings (SSSR count). The van der Waals surface area contributed by atoms with E-state index in [0.29, 0.717) is 48.3 Å². The quantitative estimate of drug-likeness (QED) is 0.709. The molecule has 0 bridgehead atoms. The third-order valence-electron chi connectivity index (χ3n) is 4.67. The maximum Gasteiger partial charge on any atom is 0.320 e. The molecule has 3 aromatic rings. The molecule has 1 aromatic carbocycles. The van der Waals surface area contributed by atoms with E-state index in [1.165, 1.54) is 0 Å². The summed E-state index contributed by atoms with van der Waals surface area (Å²) < 4.78 is 39.2. The Morgan fingerprint density at radius 2 is 2.04 bits per heavy atom. The van der Waals surface area contributed by atoms with E-state index in [1.54, 1.807) is 31.2 Å². The first-order valence-electron chi connectivity index (χ1n) is 8.45. The summed E-state index contributed by atoms with van der Waals surface area (Å²) in [4.78, 5) is 10.7. The number of hydrogen-bond acceptors (Lipinski definition) is 6. The van der Waals surface area contributed by atoms with Crippen molar-refractivity contribution in [1.29, 1.82) is 0 Å². The van der Waals surface area contributed by atoms with Gasteiger partial charge < -0.3 is 9.26 Å². The summed E-state index contributed by atoms with van der Waals surface area (Å²) in [6.07, 6.45) is -0.354. The average Bonchev–Trinajstić information content (AvgIpc) is 3.24. The summed E-state index contributed by atoms with van der Waals surface area (Å²) in [5, 5.41) is 3.91. The average molecular weight is 363 g/mol. The van der Waals surface area contributed by atoms with Crippen LogP contribution in [0.25, 0.3) is 11.0 Å². The number of halogens is 2. The topological polar surface area (TPSA) is 69.2 Å². The molecule has 1 aliphatic rings. The van der Waals surface area contributed by atoms with Crippen molar-refractivity contribution in [2.24, 2.45) is 0 Å². The van der Waals surface area contributed by atoms with Crippen LogP contribution in [-0.4, -0.2) is 44.3 Å². The van der Waals surface area contributed by atoms with Gasteiger partial charge in [0.15, 0.2) is 0 Å². The molecule has 0 amide bonds. The Kier molecular flexibility index (Phi) is 4.41. The van der Waals surface area contributed by atoms with Gasteiger partial charge >= 0.3 is 6.55 Å². The summed E-state index contributed by atoms with van der Waals surface area (Å²) in [5.41, 5.74) is 0.996. The number of imidazole rings is 1. The highest BCUT2D eigenvalue weighted by Crippen LogP contribution is 2.32. The Hall–Kier alpha value is -2.39. The molecule has 2 aromatic heterocycles. The number of aromatic nitrogens is 4. The van der Waals surface area contributed by atoms with Gasteiger partial charge in [0.2, 0.25) is 11.7 Å². The van der Waals surface area contributed by atoms with Gasteiger partial charge in [-0.1, -0.05) is 17.3 Å². The van der Waals surface area contributed by atoms with Gasteiger partial charge in [-0.2, -0.15) is 13.8 Å². The SMILES string of the molecule is Cc1nc([C@H]2CN([C@H](C)c3nc4ccccc4n3C(F)F)CCO2)no1. The Morgan fingerprint density at radius 3 is 2.77 bits per heavy atom. The number of alkyl halides is 2. The number of para-hydroxylation sites is 2. The number of rotatable bonds is 4. The first-order chi connectivity index (χ1) is 12.5. The fraction of sp³-hybridized carbons (Fsp3) is 0.471. The number of fused-ring (bicyclic) bond motifs is 1. The van der Waals surface area contributed by atoms with E-state index in [9.17, 15) is 8.78 Å². The van der Waals surface area contributed by atoms with Crippen molar-refractivity contribution in [1.82, 2.24) is 24.6 Å². The summed E-state index contributed by atoms with van der Waals surface area (Å²) >= 11 is 0. The molecule has 1 saturated heterocycles. The molecule has 1 aliphatic heterocycles. The Morgan fingerprint density at radius 1 is 1.23 bits per heavy atom. The smallest absolute Gasteiger partial charge is 0.320 e. The van der Waals surface area contributed by atoms with E-state index in [1.807, 2.05) is 6.92 Å². The number of hydrogen-bond donors (Lipinski definition) is 0. The fourth-order valence-electron chi connectivity index (χ4n) is 3.35. The van der Waals surface area contributed by atoms with Crippen LogP contribution in [0.15, 0.2) is 28.8 Å². The van der Waals surface area contributed by atoms with Crippen LogP contribution >= 0.6 is 0 Å². The molecule has 7 nitrogen and oxygen atoms in total. The van der Waals surface area contributed by atoms with Crippen LogP contribution in [0.1, 0.15) is 43.2 Å². The minimum atomic E-state index is -2.66. The fourth-order valence-corrected chi connectivity index (χ4v) is 3.35. The maximum absolute atomic E-state index is 13.7. The van der Waals surface area contributed by atoms with Crippen molar-refractivity contribution < 1.29 is 18.0 Å². The maximum atomic E-state index is 13.7. The van der Waals surface area contributed by atoms with E-state index < -0.39 is 6.55 Å². The molecule has 0 unspecified atom stereocenters.